The van der Waals surface area contributed by atoms with E-state index >= 15 is 0 Å². The molecule has 3 aromatic rings. The largest absolute Gasteiger partial charge is 0.397 e. The first-order chi connectivity index (χ1) is 8.36. The van der Waals surface area contributed by atoms with Crippen molar-refractivity contribution in [2.75, 3.05) is 5.73 Å². The highest BCUT2D eigenvalue weighted by Crippen LogP contribution is 2.29. The van der Waals surface area contributed by atoms with Crippen LogP contribution in [-0.4, -0.2) is 4.98 Å². The zero-order valence-electron chi connectivity index (χ0n) is 9.30. The lowest BCUT2D eigenvalue weighted by molar-refractivity contribution is 1.36. The zero-order chi connectivity index (χ0) is 11.7. The van der Waals surface area contributed by atoms with Gasteiger partial charge in [0.05, 0.1) is 17.6 Å². The number of nitrogens with zero attached hydrogens (tertiary/aromatic N) is 1. The molecule has 0 radical (unpaired) electrons. The molecule has 1 heterocycles. The highest BCUT2D eigenvalue weighted by Gasteiger charge is 2.06. The minimum absolute atomic E-state index is 0.722. The molecule has 0 saturated carbocycles. The number of pyridine rings is 1. The second-order valence-corrected chi connectivity index (χ2v) is 3.97. The molecule has 0 aliphatic rings. The number of nitrogen functional groups attached to an aromatic ring is 1. The first kappa shape index (κ1) is 9.85. The topological polar surface area (TPSA) is 38.9 Å². The number of fused-ring (bicyclic) bond motifs is 1. The summed E-state index contributed by atoms with van der Waals surface area (Å²) in [5.41, 5.74) is 8.76. The predicted octanol–water partition coefficient (Wildman–Crippen LogP) is 3.48. The van der Waals surface area contributed by atoms with E-state index in [1.54, 1.807) is 6.20 Å². The third kappa shape index (κ3) is 1.64. The molecule has 3 rings (SSSR count). The van der Waals surface area contributed by atoms with Crippen molar-refractivity contribution in [3.63, 3.8) is 0 Å². The maximum Gasteiger partial charge on any atom is 0.0781 e. The summed E-state index contributed by atoms with van der Waals surface area (Å²) in [7, 11) is 0. The van der Waals surface area contributed by atoms with Crippen molar-refractivity contribution in [2.24, 2.45) is 0 Å². The Hall–Kier alpha value is -2.35. The van der Waals surface area contributed by atoms with Crippen LogP contribution in [0.1, 0.15) is 0 Å². The Morgan fingerprint density at radius 1 is 0.765 bits per heavy atom. The highest BCUT2D eigenvalue weighted by atomic mass is 14.7. The summed E-state index contributed by atoms with van der Waals surface area (Å²) < 4.78 is 0. The van der Waals surface area contributed by atoms with E-state index in [0.29, 0.717) is 0 Å². The van der Waals surface area contributed by atoms with Gasteiger partial charge in [-0.15, -0.1) is 0 Å². The number of benzene rings is 2. The molecule has 0 saturated heterocycles. The molecule has 82 valence electrons. The van der Waals surface area contributed by atoms with E-state index in [1.807, 2.05) is 36.4 Å². The van der Waals surface area contributed by atoms with Crippen LogP contribution in [0.4, 0.5) is 5.69 Å². The van der Waals surface area contributed by atoms with Crippen molar-refractivity contribution in [3.05, 3.63) is 60.8 Å². The zero-order valence-corrected chi connectivity index (χ0v) is 9.30. The number of aromatic nitrogens is 1. The average molecular weight is 220 g/mol. The Morgan fingerprint density at radius 2 is 1.41 bits per heavy atom. The average Bonchev–Trinajstić information content (AvgIpc) is 2.41. The van der Waals surface area contributed by atoms with Crippen LogP contribution in [0.3, 0.4) is 0 Å². The summed E-state index contributed by atoms with van der Waals surface area (Å²) in [5, 5.41) is 2.15. The molecule has 0 spiro atoms. The first-order valence-corrected chi connectivity index (χ1v) is 5.55. The fraction of sp³-hybridized carbons (Fsp3) is 0. The van der Waals surface area contributed by atoms with Gasteiger partial charge in [0.15, 0.2) is 0 Å². The van der Waals surface area contributed by atoms with Gasteiger partial charge in [-0.2, -0.15) is 0 Å². The van der Waals surface area contributed by atoms with E-state index in [9.17, 15) is 0 Å². The first-order valence-electron chi connectivity index (χ1n) is 5.55. The van der Waals surface area contributed by atoms with Gasteiger partial charge in [-0.25, -0.2) is 0 Å². The van der Waals surface area contributed by atoms with Gasteiger partial charge in [-0.3, -0.25) is 4.98 Å². The van der Waals surface area contributed by atoms with Crippen molar-refractivity contribution in [1.82, 2.24) is 4.98 Å². The molecule has 2 heteroatoms. The summed E-state index contributed by atoms with van der Waals surface area (Å²) in [6.45, 7) is 0. The molecule has 2 N–H and O–H groups in total. The molecule has 0 aliphatic carbocycles. The van der Waals surface area contributed by atoms with Crippen LogP contribution in [-0.2, 0) is 0 Å². The van der Waals surface area contributed by atoms with E-state index in [1.165, 1.54) is 0 Å². The molecular formula is C15H12N2. The Labute approximate surface area is 99.7 Å². The van der Waals surface area contributed by atoms with Gasteiger partial charge in [0.1, 0.15) is 0 Å². The van der Waals surface area contributed by atoms with Crippen LogP contribution in [0.25, 0.3) is 22.0 Å². The second kappa shape index (κ2) is 3.91. The quantitative estimate of drug-likeness (QED) is 0.681. The maximum atomic E-state index is 5.94. The molecule has 0 bridgehead atoms. The van der Waals surface area contributed by atoms with Crippen molar-refractivity contribution in [3.8, 4) is 11.3 Å². The van der Waals surface area contributed by atoms with E-state index in [2.05, 4.69) is 23.2 Å². The normalized spacial score (nSPS) is 10.6. The van der Waals surface area contributed by atoms with E-state index in [-0.39, 0.29) is 0 Å². The second-order valence-electron chi connectivity index (χ2n) is 3.97. The van der Waals surface area contributed by atoms with Gasteiger partial charge in [0.2, 0.25) is 0 Å². The molecule has 0 unspecified atom stereocenters. The Kier molecular flexibility index (Phi) is 2.26. The third-order valence-electron chi connectivity index (χ3n) is 2.87. The standard InChI is InChI=1S/C15H12N2/c16-14-10-17-15(11-6-2-1-3-7-11)13-9-5-4-8-12(13)14/h1-10H,16H2. The highest BCUT2D eigenvalue weighted by molar-refractivity contribution is 6.00. The fourth-order valence-electron chi connectivity index (χ4n) is 2.04. The lowest BCUT2D eigenvalue weighted by atomic mass is 10.0. The van der Waals surface area contributed by atoms with Crippen molar-refractivity contribution in [2.45, 2.75) is 0 Å². The van der Waals surface area contributed by atoms with Crippen molar-refractivity contribution in [1.29, 1.82) is 0 Å². The van der Waals surface area contributed by atoms with E-state index in [4.69, 9.17) is 5.73 Å². The number of anilines is 1. The van der Waals surface area contributed by atoms with Gasteiger partial charge in [0, 0.05) is 16.3 Å². The molecule has 0 amide bonds. The molecule has 0 aliphatic heterocycles. The van der Waals surface area contributed by atoms with Crippen LogP contribution < -0.4 is 5.73 Å². The number of rotatable bonds is 1. The van der Waals surface area contributed by atoms with Crippen LogP contribution in [0.5, 0.6) is 0 Å². The number of hydrogen-bond donors (Lipinski definition) is 1. The van der Waals surface area contributed by atoms with Crippen LogP contribution in [0.15, 0.2) is 60.8 Å². The van der Waals surface area contributed by atoms with Crippen molar-refractivity contribution < 1.29 is 0 Å². The number of hydrogen-bond acceptors (Lipinski definition) is 2. The Bertz CT molecular complexity index is 660. The summed E-state index contributed by atoms with van der Waals surface area (Å²) >= 11 is 0. The van der Waals surface area contributed by atoms with Gasteiger partial charge in [-0.05, 0) is 0 Å². The fourth-order valence-corrected chi connectivity index (χ4v) is 2.04. The maximum absolute atomic E-state index is 5.94. The van der Waals surface area contributed by atoms with E-state index in [0.717, 1.165) is 27.7 Å². The van der Waals surface area contributed by atoms with Gasteiger partial charge in [0.25, 0.3) is 0 Å². The summed E-state index contributed by atoms with van der Waals surface area (Å²) in [4.78, 5) is 4.45. The van der Waals surface area contributed by atoms with Crippen LogP contribution in [0, 0.1) is 0 Å². The molecule has 1 aromatic heterocycles. The SMILES string of the molecule is Nc1cnc(-c2ccccc2)c2ccccc12. The smallest absolute Gasteiger partial charge is 0.0781 e. The third-order valence-corrected chi connectivity index (χ3v) is 2.87. The molecule has 2 aromatic carbocycles. The lowest BCUT2D eigenvalue weighted by Gasteiger charge is -2.07. The Morgan fingerprint density at radius 3 is 2.18 bits per heavy atom. The lowest BCUT2D eigenvalue weighted by Crippen LogP contribution is -1.92. The van der Waals surface area contributed by atoms with Crippen LogP contribution >= 0.6 is 0 Å². The molecule has 0 atom stereocenters. The summed E-state index contributed by atoms with van der Waals surface area (Å²) in [5.74, 6) is 0. The monoisotopic (exact) mass is 220 g/mol. The molecular weight excluding hydrogens is 208 g/mol. The molecule has 17 heavy (non-hydrogen) atoms. The predicted molar refractivity (Wildman–Crippen MR) is 71.6 cm³/mol. The summed E-state index contributed by atoms with van der Waals surface area (Å²) in [6.07, 6.45) is 1.73. The van der Waals surface area contributed by atoms with Crippen LogP contribution in [0.2, 0.25) is 0 Å². The minimum atomic E-state index is 0.722. The summed E-state index contributed by atoms with van der Waals surface area (Å²) in [6, 6.07) is 18.2. The van der Waals surface area contributed by atoms with Crippen molar-refractivity contribution >= 4 is 16.5 Å². The van der Waals surface area contributed by atoms with Gasteiger partial charge < -0.3 is 5.73 Å². The van der Waals surface area contributed by atoms with E-state index < -0.39 is 0 Å². The Balaban J connectivity index is 2.35. The van der Waals surface area contributed by atoms with Gasteiger partial charge in [-0.1, -0.05) is 54.6 Å². The number of nitrogens with two attached hydrogens (primary N) is 1. The van der Waals surface area contributed by atoms with Gasteiger partial charge >= 0.3 is 0 Å². The molecule has 0 fully saturated rings. The molecule has 2 nitrogen and oxygen atoms in total. The minimum Gasteiger partial charge on any atom is -0.397 e.